The predicted molar refractivity (Wildman–Crippen MR) is 148 cm³/mol. The summed E-state index contributed by atoms with van der Waals surface area (Å²) in [7, 11) is 0. The van der Waals surface area contributed by atoms with Gasteiger partial charge in [-0.25, -0.2) is 4.98 Å². The molecule has 1 aromatic heterocycles. The summed E-state index contributed by atoms with van der Waals surface area (Å²) in [5, 5.41) is 14.0. The summed E-state index contributed by atoms with van der Waals surface area (Å²) < 4.78 is 0. The number of H-pyrrole nitrogens is 1. The van der Waals surface area contributed by atoms with Crippen molar-refractivity contribution in [3.05, 3.63) is 93.5 Å². The lowest BCUT2D eigenvalue weighted by atomic mass is 9.77. The molecule has 2 amide bonds. The molecule has 0 saturated heterocycles. The van der Waals surface area contributed by atoms with Gasteiger partial charge < -0.3 is 15.0 Å². The van der Waals surface area contributed by atoms with Crippen LogP contribution in [0, 0.1) is 0 Å². The number of fused-ring (bicyclic) bond motifs is 2. The molecule has 0 spiro atoms. The maximum atomic E-state index is 14.1. The third kappa shape index (κ3) is 4.45. The van der Waals surface area contributed by atoms with Gasteiger partial charge in [-0.2, -0.15) is 0 Å². The summed E-state index contributed by atoms with van der Waals surface area (Å²) in [4.78, 5) is 37.7. The van der Waals surface area contributed by atoms with Gasteiger partial charge in [0.2, 0.25) is 11.9 Å². The van der Waals surface area contributed by atoms with E-state index in [0.29, 0.717) is 58.4 Å². The Morgan fingerprint density at radius 1 is 0.974 bits per heavy atom. The van der Waals surface area contributed by atoms with Gasteiger partial charge in [0, 0.05) is 21.7 Å². The molecule has 2 aliphatic rings. The number of hydrogen-bond donors (Lipinski definition) is 3. The summed E-state index contributed by atoms with van der Waals surface area (Å²) in [6, 6.07) is 19.1. The molecular formula is C29H26Cl2N4O3. The standard InChI is InChI=1S/C29H26Cl2N4O3/c30-16-9-14-21(22(31)15-16)26-25(27(37)34-29-32-23-7-3-4-8-24(23)33-29)19-5-1-2-6-20(19)28(38)35(26)17-10-12-18(36)13-11-17/h1-9,14-15,17-18,25-26,36H,10-13H2,(H2,32,33,34,37)/t17-,18-,25-,26+/m1/s1. The second-order valence-corrected chi connectivity index (χ2v) is 10.8. The first-order chi connectivity index (χ1) is 18.4. The quantitative estimate of drug-likeness (QED) is 0.287. The highest BCUT2D eigenvalue weighted by molar-refractivity contribution is 6.35. The predicted octanol–water partition coefficient (Wildman–Crippen LogP) is 6.09. The number of hydrogen-bond acceptors (Lipinski definition) is 4. The Balaban J connectivity index is 1.48. The van der Waals surface area contributed by atoms with Gasteiger partial charge in [-0.05, 0) is 67.1 Å². The van der Waals surface area contributed by atoms with Crippen LogP contribution in [0.5, 0.6) is 0 Å². The van der Waals surface area contributed by atoms with E-state index in [4.69, 9.17) is 23.2 Å². The normalized spacial score (nSPS) is 23.3. The number of para-hydroxylation sites is 2. The van der Waals surface area contributed by atoms with Crippen molar-refractivity contribution in [3.63, 3.8) is 0 Å². The maximum Gasteiger partial charge on any atom is 0.254 e. The van der Waals surface area contributed by atoms with Crippen molar-refractivity contribution in [1.82, 2.24) is 14.9 Å². The Morgan fingerprint density at radius 3 is 2.47 bits per heavy atom. The van der Waals surface area contributed by atoms with E-state index < -0.39 is 12.0 Å². The number of aliphatic hydroxyl groups is 1. The highest BCUT2D eigenvalue weighted by Crippen LogP contribution is 2.48. The van der Waals surface area contributed by atoms with Gasteiger partial charge in [0.15, 0.2) is 0 Å². The zero-order chi connectivity index (χ0) is 26.4. The SMILES string of the molecule is O=C(Nc1nc2ccccc2[nH]1)[C@@H]1c2ccccc2C(=O)N([C@H]2CC[C@H](O)CC2)[C@H]1c1ccc(Cl)cc1Cl. The van der Waals surface area contributed by atoms with Crippen molar-refractivity contribution in [2.24, 2.45) is 0 Å². The molecule has 0 bridgehead atoms. The molecule has 194 valence electrons. The maximum absolute atomic E-state index is 14.1. The number of aliphatic hydroxyl groups excluding tert-OH is 1. The third-order valence-electron chi connectivity index (χ3n) is 7.63. The molecule has 1 aliphatic carbocycles. The monoisotopic (exact) mass is 548 g/mol. The summed E-state index contributed by atoms with van der Waals surface area (Å²) in [5.74, 6) is -0.881. The fraction of sp³-hybridized carbons (Fsp3) is 0.276. The minimum atomic E-state index is -0.761. The molecule has 0 unspecified atom stereocenters. The van der Waals surface area contributed by atoms with Gasteiger partial charge >= 0.3 is 0 Å². The van der Waals surface area contributed by atoms with Crippen LogP contribution in [0.2, 0.25) is 10.0 Å². The number of rotatable bonds is 4. The summed E-state index contributed by atoms with van der Waals surface area (Å²) in [5.41, 5.74) is 3.32. The molecule has 7 nitrogen and oxygen atoms in total. The average molecular weight is 549 g/mol. The van der Waals surface area contributed by atoms with Gasteiger partial charge in [0.05, 0.1) is 29.1 Å². The first-order valence-electron chi connectivity index (χ1n) is 12.7. The van der Waals surface area contributed by atoms with Crippen molar-refractivity contribution < 1.29 is 14.7 Å². The minimum Gasteiger partial charge on any atom is -0.393 e. The van der Waals surface area contributed by atoms with E-state index >= 15 is 0 Å². The van der Waals surface area contributed by atoms with E-state index in [-0.39, 0.29) is 24.0 Å². The van der Waals surface area contributed by atoms with E-state index in [9.17, 15) is 14.7 Å². The van der Waals surface area contributed by atoms with Crippen LogP contribution in [-0.4, -0.2) is 43.9 Å². The second kappa shape index (κ2) is 10.1. The van der Waals surface area contributed by atoms with Gasteiger partial charge in [-0.15, -0.1) is 0 Å². The highest BCUT2D eigenvalue weighted by Gasteiger charge is 2.47. The summed E-state index contributed by atoms with van der Waals surface area (Å²) in [6.07, 6.45) is 2.06. The van der Waals surface area contributed by atoms with E-state index in [2.05, 4.69) is 15.3 Å². The number of aromatic amines is 1. The smallest absolute Gasteiger partial charge is 0.254 e. The Morgan fingerprint density at radius 2 is 1.71 bits per heavy atom. The highest BCUT2D eigenvalue weighted by atomic mass is 35.5. The molecular weight excluding hydrogens is 523 g/mol. The molecule has 1 fully saturated rings. The molecule has 9 heteroatoms. The second-order valence-electron chi connectivity index (χ2n) is 9.94. The molecule has 4 aromatic rings. The Kier molecular flexibility index (Phi) is 6.60. The van der Waals surface area contributed by atoms with Crippen LogP contribution >= 0.6 is 23.2 Å². The first-order valence-corrected chi connectivity index (χ1v) is 13.5. The van der Waals surface area contributed by atoms with E-state index in [1.54, 1.807) is 24.3 Å². The molecule has 38 heavy (non-hydrogen) atoms. The first kappa shape index (κ1) is 24.9. The van der Waals surface area contributed by atoms with Crippen LogP contribution in [0.4, 0.5) is 5.95 Å². The largest absolute Gasteiger partial charge is 0.393 e. The molecule has 2 heterocycles. The molecule has 2 atom stereocenters. The number of nitrogens with one attached hydrogen (secondary N) is 2. The number of benzene rings is 3. The molecule has 1 aliphatic heterocycles. The number of amides is 2. The average Bonchev–Trinajstić information content (AvgIpc) is 3.32. The lowest BCUT2D eigenvalue weighted by Gasteiger charge is -2.47. The number of aromatic nitrogens is 2. The number of carbonyl (C=O) groups excluding carboxylic acids is 2. The Labute approximate surface area is 229 Å². The van der Waals surface area contributed by atoms with Gasteiger partial charge in [0.1, 0.15) is 0 Å². The Hall–Kier alpha value is -3.39. The molecule has 1 saturated carbocycles. The van der Waals surface area contributed by atoms with Crippen molar-refractivity contribution in [1.29, 1.82) is 0 Å². The van der Waals surface area contributed by atoms with Crippen LogP contribution in [0.3, 0.4) is 0 Å². The number of imidazole rings is 1. The van der Waals surface area contributed by atoms with E-state index in [1.165, 1.54) is 0 Å². The fourth-order valence-corrected chi connectivity index (χ4v) is 6.37. The van der Waals surface area contributed by atoms with E-state index in [1.807, 2.05) is 47.4 Å². The van der Waals surface area contributed by atoms with Crippen LogP contribution in [-0.2, 0) is 4.79 Å². The van der Waals surface area contributed by atoms with Gasteiger partial charge in [-0.3, -0.25) is 14.9 Å². The van der Waals surface area contributed by atoms with Crippen molar-refractivity contribution >= 4 is 52.0 Å². The van der Waals surface area contributed by atoms with Crippen molar-refractivity contribution in [3.8, 4) is 0 Å². The zero-order valence-electron chi connectivity index (χ0n) is 20.4. The van der Waals surface area contributed by atoms with Crippen molar-refractivity contribution in [2.75, 3.05) is 5.32 Å². The molecule has 3 aromatic carbocycles. The fourth-order valence-electron chi connectivity index (χ4n) is 5.85. The minimum absolute atomic E-state index is 0.147. The molecule has 3 N–H and O–H groups in total. The third-order valence-corrected chi connectivity index (χ3v) is 8.19. The zero-order valence-corrected chi connectivity index (χ0v) is 21.9. The van der Waals surface area contributed by atoms with Gasteiger partial charge in [-0.1, -0.05) is 59.6 Å². The van der Waals surface area contributed by atoms with Crippen LogP contribution in [0.1, 0.15) is 59.1 Å². The van der Waals surface area contributed by atoms with Crippen LogP contribution in [0.25, 0.3) is 11.0 Å². The van der Waals surface area contributed by atoms with Crippen molar-refractivity contribution in [2.45, 2.75) is 49.8 Å². The molecule has 6 rings (SSSR count). The lowest BCUT2D eigenvalue weighted by molar-refractivity contribution is -0.119. The van der Waals surface area contributed by atoms with Gasteiger partial charge in [0.25, 0.3) is 5.91 Å². The summed E-state index contributed by atoms with van der Waals surface area (Å²) in [6.45, 7) is 0. The van der Waals surface area contributed by atoms with Crippen LogP contribution in [0.15, 0.2) is 66.7 Å². The number of halogens is 2. The van der Waals surface area contributed by atoms with E-state index in [0.717, 1.165) is 11.0 Å². The number of anilines is 1. The van der Waals surface area contributed by atoms with Crippen LogP contribution < -0.4 is 5.32 Å². The number of nitrogens with zero attached hydrogens (tertiary/aromatic N) is 2. The molecule has 0 radical (unpaired) electrons. The topological polar surface area (TPSA) is 98.3 Å². The number of carbonyl (C=O) groups is 2. The lowest BCUT2D eigenvalue weighted by Crippen LogP contribution is -2.52. The summed E-state index contributed by atoms with van der Waals surface area (Å²) >= 11 is 13.0. The Bertz CT molecular complexity index is 1500.